The van der Waals surface area contributed by atoms with Gasteiger partial charge >= 0.3 is 0 Å². The van der Waals surface area contributed by atoms with E-state index in [1.54, 1.807) is 24.0 Å². The van der Waals surface area contributed by atoms with Gasteiger partial charge in [0.15, 0.2) is 5.82 Å². The summed E-state index contributed by atoms with van der Waals surface area (Å²) in [5.41, 5.74) is 8.13. The molecule has 0 bridgehead atoms. The summed E-state index contributed by atoms with van der Waals surface area (Å²) in [6, 6.07) is 5.45. The van der Waals surface area contributed by atoms with Crippen LogP contribution in [0.4, 0.5) is 5.82 Å². The van der Waals surface area contributed by atoms with Crippen LogP contribution in [-0.4, -0.2) is 32.3 Å². The van der Waals surface area contributed by atoms with Crippen molar-refractivity contribution in [2.24, 2.45) is 0 Å². The zero-order chi connectivity index (χ0) is 15.9. The summed E-state index contributed by atoms with van der Waals surface area (Å²) in [6.07, 6.45) is 0. The second-order valence-corrected chi connectivity index (χ2v) is 5.54. The van der Waals surface area contributed by atoms with Crippen LogP contribution in [0.2, 0.25) is 5.02 Å². The number of nitrogens with zero attached hydrogens (tertiary/aromatic N) is 3. The Bertz CT molecular complexity index is 873. The van der Waals surface area contributed by atoms with E-state index >= 15 is 0 Å². The average Bonchev–Trinajstić information content (AvgIpc) is 2.88. The fourth-order valence-corrected chi connectivity index (χ4v) is 2.66. The van der Waals surface area contributed by atoms with Gasteiger partial charge in [-0.25, -0.2) is 9.97 Å². The number of pyridine rings is 1. The van der Waals surface area contributed by atoms with Gasteiger partial charge in [0.1, 0.15) is 11.3 Å². The molecule has 0 spiro atoms. The van der Waals surface area contributed by atoms with Crippen molar-refractivity contribution in [2.75, 3.05) is 12.3 Å². The van der Waals surface area contributed by atoms with Crippen LogP contribution < -0.4 is 5.73 Å². The Morgan fingerprint density at radius 3 is 2.86 bits per heavy atom. The van der Waals surface area contributed by atoms with Crippen molar-refractivity contribution < 1.29 is 4.79 Å². The number of halogens is 1. The number of aromatic nitrogens is 3. The van der Waals surface area contributed by atoms with Gasteiger partial charge in [0.2, 0.25) is 5.91 Å². The molecule has 0 unspecified atom stereocenters. The molecule has 1 amide bonds. The number of hydrogen-bond acceptors (Lipinski definition) is 4. The molecule has 2 heterocycles. The lowest BCUT2D eigenvalue weighted by atomic mass is 10.2. The minimum Gasteiger partial charge on any atom is -0.382 e. The number of H-pyrrole nitrogens is 1. The van der Waals surface area contributed by atoms with Crippen LogP contribution >= 0.6 is 11.6 Å². The molecule has 22 heavy (non-hydrogen) atoms. The lowest BCUT2D eigenvalue weighted by Crippen LogP contribution is -2.28. The van der Waals surface area contributed by atoms with E-state index in [-0.39, 0.29) is 5.91 Å². The fourth-order valence-electron chi connectivity index (χ4n) is 2.50. The molecular weight excluding hydrogens is 302 g/mol. The molecule has 114 valence electrons. The maximum Gasteiger partial charge on any atom is 0.219 e. The second kappa shape index (κ2) is 5.46. The van der Waals surface area contributed by atoms with Gasteiger partial charge in [-0.05, 0) is 25.1 Å². The first-order valence-electron chi connectivity index (χ1n) is 6.98. The molecule has 0 atom stereocenters. The number of rotatable bonds is 3. The van der Waals surface area contributed by atoms with E-state index in [2.05, 4.69) is 15.0 Å². The zero-order valence-corrected chi connectivity index (χ0v) is 13.1. The molecule has 2 aromatic heterocycles. The quantitative estimate of drug-likeness (QED) is 0.777. The third kappa shape index (κ3) is 2.46. The zero-order valence-electron chi connectivity index (χ0n) is 12.4. The van der Waals surface area contributed by atoms with Crippen LogP contribution in [0.1, 0.15) is 19.7 Å². The maximum atomic E-state index is 11.5. The number of benzene rings is 1. The molecule has 0 saturated carbocycles. The highest BCUT2D eigenvalue weighted by Crippen LogP contribution is 2.28. The average molecular weight is 318 g/mol. The molecule has 0 aliphatic heterocycles. The molecule has 3 rings (SSSR count). The third-order valence-electron chi connectivity index (χ3n) is 3.63. The van der Waals surface area contributed by atoms with Gasteiger partial charge in [-0.2, -0.15) is 0 Å². The molecule has 3 aromatic rings. The molecule has 0 aliphatic rings. The van der Waals surface area contributed by atoms with Crippen molar-refractivity contribution >= 4 is 45.3 Å². The Hall–Kier alpha value is -2.34. The smallest absolute Gasteiger partial charge is 0.219 e. The van der Waals surface area contributed by atoms with E-state index in [1.807, 2.05) is 13.0 Å². The number of amides is 1. The standard InChI is InChI=1S/C15H16ClN5O/c1-3-21(8(2)22)7-12-19-13-10-5-4-9(16)6-11(10)18-15(17)14(13)20-12/h4-6H,3,7H2,1-2H3,(H2,17,18)(H,19,20). The number of aromatic amines is 1. The Kier molecular flexibility index (Phi) is 3.62. The second-order valence-electron chi connectivity index (χ2n) is 5.10. The molecule has 1 aromatic carbocycles. The first-order chi connectivity index (χ1) is 10.5. The molecule has 0 aliphatic carbocycles. The van der Waals surface area contributed by atoms with Crippen molar-refractivity contribution in [1.82, 2.24) is 19.9 Å². The molecule has 7 heteroatoms. The number of nitrogen functional groups attached to an aromatic ring is 1. The Labute approximate surface area is 132 Å². The SMILES string of the molecule is CCN(Cc1nc2c(N)nc3cc(Cl)ccc3c2[nH]1)C(C)=O. The predicted molar refractivity (Wildman–Crippen MR) is 87.6 cm³/mol. The lowest BCUT2D eigenvalue weighted by Gasteiger charge is -2.16. The minimum atomic E-state index is 0.00527. The number of anilines is 1. The molecule has 3 N–H and O–H groups in total. The Morgan fingerprint density at radius 1 is 1.41 bits per heavy atom. The number of fused-ring (bicyclic) bond motifs is 3. The Balaban J connectivity index is 2.14. The maximum absolute atomic E-state index is 11.5. The van der Waals surface area contributed by atoms with Crippen LogP contribution in [0.25, 0.3) is 21.9 Å². The van der Waals surface area contributed by atoms with Crippen LogP contribution in [0.15, 0.2) is 18.2 Å². The highest BCUT2D eigenvalue weighted by molar-refractivity contribution is 6.31. The summed E-state index contributed by atoms with van der Waals surface area (Å²) in [7, 11) is 0. The van der Waals surface area contributed by atoms with E-state index in [1.165, 1.54) is 0 Å². The number of nitrogens with two attached hydrogens (primary N) is 1. The van der Waals surface area contributed by atoms with Gasteiger partial charge in [-0.15, -0.1) is 0 Å². The number of imidazole rings is 1. The topological polar surface area (TPSA) is 87.9 Å². The minimum absolute atomic E-state index is 0.00527. The van der Waals surface area contributed by atoms with E-state index < -0.39 is 0 Å². The van der Waals surface area contributed by atoms with Crippen molar-refractivity contribution in [1.29, 1.82) is 0 Å². The van der Waals surface area contributed by atoms with Gasteiger partial charge in [-0.3, -0.25) is 4.79 Å². The normalized spacial score (nSPS) is 11.2. The summed E-state index contributed by atoms with van der Waals surface area (Å²) < 4.78 is 0. The van der Waals surface area contributed by atoms with Crippen LogP contribution in [0.3, 0.4) is 0 Å². The summed E-state index contributed by atoms with van der Waals surface area (Å²) in [5.74, 6) is 1.03. The predicted octanol–water partition coefficient (Wildman–Crippen LogP) is 2.72. The number of nitrogens with one attached hydrogen (secondary N) is 1. The van der Waals surface area contributed by atoms with E-state index in [9.17, 15) is 4.79 Å². The van der Waals surface area contributed by atoms with E-state index in [0.29, 0.717) is 40.8 Å². The molecule has 0 fully saturated rings. The molecule has 0 radical (unpaired) electrons. The first kappa shape index (κ1) is 14.6. The first-order valence-corrected chi connectivity index (χ1v) is 7.36. The Morgan fingerprint density at radius 2 is 2.18 bits per heavy atom. The van der Waals surface area contributed by atoms with Gasteiger partial charge < -0.3 is 15.6 Å². The molecule has 0 saturated heterocycles. The summed E-state index contributed by atoms with van der Waals surface area (Å²) in [5, 5.41) is 1.51. The number of carbonyl (C=O) groups excluding carboxylic acids is 1. The summed E-state index contributed by atoms with van der Waals surface area (Å²) in [4.78, 5) is 25.3. The summed E-state index contributed by atoms with van der Waals surface area (Å²) in [6.45, 7) is 4.50. The highest BCUT2D eigenvalue weighted by atomic mass is 35.5. The van der Waals surface area contributed by atoms with Crippen molar-refractivity contribution in [3.05, 3.63) is 29.0 Å². The van der Waals surface area contributed by atoms with E-state index in [4.69, 9.17) is 17.3 Å². The molecular formula is C15H16ClN5O. The van der Waals surface area contributed by atoms with E-state index in [0.717, 1.165) is 10.9 Å². The van der Waals surface area contributed by atoms with Gasteiger partial charge in [-0.1, -0.05) is 11.6 Å². The van der Waals surface area contributed by atoms with Crippen molar-refractivity contribution in [3.63, 3.8) is 0 Å². The fraction of sp³-hybridized carbons (Fsp3) is 0.267. The van der Waals surface area contributed by atoms with Crippen molar-refractivity contribution in [3.8, 4) is 0 Å². The van der Waals surface area contributed by atoms with Gasteiger partial charge in [0.05, 0.1) is 17.6 Å². The van der Waals surface area contributed by atoms with Gasteiger partial charge in [0, 0.05) is 23.9 Å². The number of hydrogen-bond donors (Lipinski definition) is 2. The third-order valence-corrected chi connectivity index (χ3v) is 3.87. The van der Waals surface area contributed by atoms with Gasteiger partial charge in [0.25, 0.3) is 0 Å². The van der Waals surface area contributed by atoms with Crippen LogP contribution in [-0.2, 0) is 11.3 Å². The monoisotopic (exact) mass is 317 g/mol. The van der Waals surface area contributed by atoms with Crippen LogP contribution in [0.5, 0.6) is 0 Å². The highest BCUT2D eigenvalue weighted by Gasteiger charge is 2.14. The molecule has 6 nitrogen and oxygen atoms in total. The van der Waals surface area contributed by atoms with Crippen LogP contribution in [0, 0.1) is 0 Å². The lowest BCUT2D eigenvalue weighted by molar-refractivity contribution is -0.129. The largest absolute Gasteiger partial charge is 0.382 e. The number of carbonyl (C=O) groups is 1. The summed E-state index contributed by atoms with van der Waals surface area (Å²) >= 11 is 6.00. The van der Waals surface area contributed by atoms with Crippen molar-refractivity contribution in [2.45, 2.75) is 20.4 Å².